The first-order valence-electron chi connectivity index (χ1n) is 5.60. The van der Waals surface area contributed by atoms with Crippen molar-refractivity contribution in [3.63, 3.8) is 0 Å². The minimum atomic E-state index is -0.911. The van der Waals surface area contributed by atoms with Gasteiger partial charge in [0.15, 0.2) is 0 Å². The third kappa shape index (κ3) is 3.27. The van der Waals surface area contributed by atoms with Crippen LogP contribution in [0.3, 0.4) is 0 Å². The topological polar surface area (TPSA) is 42.2 Å². The number of unbranched alkanes of at least 4 members (excludes halogenated alkanes) is 1. The molecule has 2 rings (SSSR count). The average Bonchev–Trinajstić information content (AvgIpc) is 2.78. The maximum absolute atomic E-state index is 11.1. The molecule has 0 bridgehead atoms. The molecule has 0 aliphatic carbocycles. The van der Waals surface area contributed by atoms with E-state index in [2.05, 4.69) is 37.9 Å². The van der Waals surface area contributed by atoms with Gasteiger partial charge in [-0.15, -0.1) is 11.5 Å². The van der Waals surface area contributed by atoms with Gasteiger partial charge in [-0.05, 0) is 12.0 Å². The summed E-state index contributed by atoms with van der Waals surface area (Å²) < 4.78 is 1.91. The molecule has 0 atom stereocenters. The van der Waals surface area contributed by atoms with Gasteiger partial charge in [0.05, 0.1) is 0 Å². The predicted molar refractivity (Wildman–Crippen MR) is 68.5 cm³/mol. The monoisotopic (exact) mass is 309 g/mol. The van der Waals surface area contributed by atoms with Gasteiger partial charge in [0, 0.05) is 6.54 Å². The number of carboxylic acid groups (broad SMARTS) is 1. The molecule has 0 fully saturated rings. The van der Waals surface area contributed by atoms with Gasteiger partial charge >= 0.3 is 24.8 Å². The normalized spacial score (nSPS) is 10.0. The number of carbonyl (C=O) groups is 1. The molecule has 0 aliphatic rings. The first-order chi connectivity index (χ1) is 8.74. The molecule has 1 aromatic heterocycles. The van der Waals surface area contributed by atoms with Crippen LogP contribution in [0.1, 0.15) is 30.1 Å². The summed E-state index contributed by atoms with van der Waals surface area (Å²) in [5.74, 6) is -0.911. The number of carboxylic acids is 1. The fraction of sp³-hybridized carbons (Fsp3) is 0.308. The fourth-order valence-corrected chi connectivity index (χ4v) is 1.83. The van der Waals surface area contributed by atoms with E-state index >= 15 is 0 Å². The standard InChI is InChI=1S/C13H14NO2.ClH.Ni/c1-2-3-8-14-9-11(13(15)16)10-6-4-5-7-12(10)14;;/h4-7H,2-3,8H2,1H3,(H,15,16);1H;/q-1;;+1/p-1. The van der Waals surface area contributed by atoms with Crippen molar-refractivity contribution in [1.29, 1.82) is 0 Å². The summed E-state index contributed by atoms with van der Waals surface area (Å²) in [5.41, 5.74) is 1.22. The SMILES string of the molecule is CCCCn1[c-]c(C(=O)O)c2ccccc21.[Cl][Ni]. The molecule has 1 aromatic carbocycles. The van der Waals surface area contributed by atoms with Crippen LogP contribution in [0.5, 0.6) is 0 Å². The van der Waals surface area contributed by atoms with Crippen LogP contribution in [0.2, 0.25) is 0 Å². The van der Waals surface area contributed by atoms with Gasteiger partial charge in [-0.25, -0.2) is 0 Å². The summed E-state index contributed by atoms with van der Waals surface area (Å²) in [4.78, 5) is 11.1. The van der Waals surface area contributed by atoms with Crippen LogP contribution in [0.15, 0.2) is 24.3 Å². The number of aryl methyl sites for hydroxylation is 1. The molecule has 0 aliphatic heterocycles. The van der Waals surface area contributed by atoms with Gasteiger partial charge in [0.1, 0.15) is 0 Å². The van der Waals surface area contributed by atoms with Crippen molar-refractivity contribution >= 4 is 27.1 Å². The fourth-order valence-electron chi connectivity index (χ4n) is 1.83. The molecule has 0 saturated carbocycles. The van der Waals surface area contributed by atoms with E-state index in [0.717, 1.165) is 30.3 Å². The van der Waals surface area contributed by atoms with Crippen molar-refractivity contribution in [2.75, 3.05) is 0 Å². The van der Waals surface area contributed by atoms with E-state index in [-0.39, 0.29) is 5.56 Å². The van der Waals surface area contributed by atoms with E-state index in [1.165, 1.54) is 0 Å². The number of hydrogen-bond donors (Lipinski definition) is 1. The summed E-state index contributed by atoms with van der Waals surface area (Å²) >= 11 is 3.35. The second-order valence-electron chi connectivity index (χ2n) is 3.81. The second-order valence-corrected chi connectivity index (χ2v) is 3.81. The van der Waals surface area contributed by atoms with Gasteiger partial charge in [0.2, 0.25) is 5.97 Å². The molecular formula is C13H14ClNNiO2-. The Labute approximate surface area is 118 Å². The molecule has 0 radical (unpaired) electrons. The van der Waals surface area contributed by atoms with Gasteiger partial charge in [0.25, 0.3) is 0 Å². The zero-order chi connectivity index (χ0) is 13.5. The quantitative estimate of drug-likeness (QED) is 0.692. The van der Waals surface area contributed by atoms with E-state index in [9.17, 15) is 4.79 Å². The first-order valence-corrected chi connectivity index (χ1v) is 6.95. The Kier molecular flexibility index (Phi) is 6.24. The molecule has 0 saturated heterocycles. The van der Waals surface area contributed by atoms with Crippen LogP contribution in [0, 0.1) is 6.20 Å². The number of rotatable bonds is 4. The number of fused-ring (bicyclic) bond motifs is 1. The van der Waals surface area contributed by atoms with E-state index in [1.54, 1.807) is 0 Å². The maximum atomic E-state index is 11.1. The number of aromatic carboxylic acids is 1. The number of halogens is 1. The van der Waals surface area contributed by atoms with E-state index in [1.807, 2.05) is 28.8 Å². The summed E-state index contributed by atoms with van der Waals surface area (Å²) in [7, 11) is 4.26. The minimum absolute atomic E-state index is 0.270. The second kappa shape index (κ2) is 7.45. The molecule has 1 heterocycles. The Bertz CT molecular complexity index is 525. The van der Waals surface area contributed by atoms with E-state index in [4.69, 9.17) is 5.11 Å². The van der Waals surface area contributed by atoms with Gasteiger partial charge in [-0.2, -0.15) is 0 Å². The average molecular weight is 310 g/mol. The van der Waals surface area contributed by atoms with Crippen LogP contribution in [0.4, 0.5) is 0 Å². The first kappa shape index (κ1) is 15.1. The van der Waals surface area contributed by atoms with Crippen molar-refractivity contribution in [2.24, 2.45) is 0 Å². The number of para-hydroxylation sites is 1. The van der Waals surface area contributed by atoms with Gasteiger partial charge in [-0.1, -0.05) is 43.3 Å². The Morgan fingerprint density at radius 2 is 2.11 bits per heavy atom. The number of aromatic nitrogens is 1. The number of benzene rings is 1. The zero-order valence-electron chi connectivity index (χ0n) is 9.93. The molecule has 101 valence electrons. The molecule has 5 heteroatoms. The molecule has 0 unspecified atom stereocenters. The van der Waals surface area contributed by atoms with Crippen molar-refractivity contribution < 1.29 is 24.5 Å². The third-order valence-electron chi connectivity index (χ3n) is 2.66. The molecule has 18 heavy (non-hydrogen) atoms. The van der Waals surface area contributed by atoms with Gasteiger partial charge < -0.3 is 14.5 Å². The van der Waals surface area contributed by atoms with Crippen molar-refractivity contribution in [3.8, 4) is 0 Å². The molecule has 2 aromatic rings. The Balaban J connectivity index is 0.000000771. The number of hydrogen-bond acceptors (Lipinski definition) is 1. The van der Waals surface area contributed by atoms with Crippen LogP contribution in [-0.2, 0) is 21.1 Å². The van der Waals surface area contributed by atoms with Crippen LogP contribution in [-0.4, -0.2) is 15.6 Å². The van der Waals surface area contributed by atoms with Crippen LogP contribution >= 0.6 is 10.2 Å². The Morgan fingerprint density at radius 1 is 1.44 bits per heavy atom. The van der Waals surface area contributed by atoms with Crippen molar-refractivity contribution in [1.82, 2.24) is 4.57 Å². The molecule has 0 spiro atoms. The van der Waals surface area contributed by atoms with E-state index in [0.29, 0.717) is 0 Å². The van der Waals surface area contributed by atoms with Crippen molar-refractivity contribution in [3.05, 3.63) is 36.0 Å². The summed E-state index contributed by atoms with van der Waals surface area (Å²) in [6.07, 6.45) is 5.06. The predicted octanol–water partition coefficient (Wildman–Crippen LogP) is 3.63. The summed E-state index contributed by atoms with van der Waals surface area (Å²) in [6, 6.07) is 7.54. The van der Waals surface area contributed by atoms with Gasteiger partial charge in [-0.3, -0.25) is 0 Å². The molecule has 1 N–H and O–H groups in total. The van der Waals surface area contributed by atoms with Crippen LogP contribution < -0.4 is 0 Å². The summed E-state index contributed by atoms with van der Waals surface area (Å²) in [6.45, 7) is 2.94. The summed E-state index contributed by atoms with van der Waals surface area (Å²) in [5, 5.41) is 9.85. The molecule has 3 nitrogen and oxygen atoms in total. The Hall–Kier alpha value is -0.986. The Morgan fingerprint density at radius 3 is 2.72 bits per heavy atom. The van der Waals surface area contributed by atoms with E-state index < -0.39 is 5.97 Å². The molecular weight excluding hydrogens is 296 g/mol. The third-order valence-corrected chi connectivity index (χ3v) is 2.66. The zero-order valence-corrected chi connectivity index (χ0v) is 11.7. The molecule has 0 amide bonds. The van der Waals surface area contributed by atoms with Crippen LogP contribution in [0.25, 0.3) is 10.9 Å². The number of nitrogens with zero attached hydrogens (tertiary/aromatic N) is 1. The van der Waals surface area contributed by atoms with Crippen molar-refractivity contribution in [2.45, 2.75) is 26.3 Å².